The lowest BCUT2D eigenvalue weighted by atomic mass is 9.77. The summed E-state index contributed by atoms with van der Waals surface area (Å²) in [5.74, 6) is -1.31. The summed E-state index contributed by atoms with van der Waals surface area (Å²) in [6, 6.07) is 45.9. The Morgan fingerprint density at radius 1 is 0.618 bits per heavy atom. The molecule has 2 aliphatic heterocycles. The van der Waals surface area contributed by atoms with Crippen molar-refractivity contribution >= 4 is 78.4 Å². The largest absolute Gasteiger partial charge is 0.506 e. The van der Waals surface area contributed by atoms with Crippen LogP contribution in [0.4, 0.5) is 11.4 Å². The zero-order valence-electron chi connectivity index (χ0n) is 39.0. The normalized spacial score (nSPS) is 17.3. The number of ketones is 1. The van der Waals surface area contributed by atoms with Gasteiger partial charge < -0.3 is 28.6 Å². The molecule has 0 saturated heterocycles. The van der Waals surface area contributed by atoms with Crippen LogP contribution in [0.3, 0.4) is 0 Å². The summed E-state index contributed by atoms with van der Waals surface area (Å²) in [6.45, 7) is 12.1. The second-order valence-corrected chi connectivity index (χ2v) is 18.7. The lowest BCUT2D eigenvalue weighted by Gasteiger charge is -2.28. The lowest BCUT2D eigenvalue weighted by molar-refractivity contribution is -0.428. The van der Waals surface area contributed by atoms with Gasteiger partial charge >= 0.3 is 11.9 Å². The van der Waals surface area contributed by atoms with E-state index in [4.69, 9.17) is 9.47 Å². The van der Waals surface area contributed by atoms with Gasteiger partial charge in [0.1, 0.15) is 12.3 Å². The minimum Gasteiger partial charge on any atom is -0.506 e. The van der Waals surface area contributed by atoms with E-state index in [1.165, 1.54) is 0 Å². The molecule has 3 aliphatic rings. The number of hydrogen-bond donors (Lipinski definition) is 1. The Labute approximate surface area is 393 Å². The summed E-state index contributed by atoms with van der Waals surface area (Å²) in [4.78, 5) is 43.0. The molecule has 0 amide bonds. The second kappa shape index (κ2) is 15.8. The fraction of sp³-hybridized carbons (Fsp3) is 0.207. The van der Waals surface area contributed by atoms with Crippen LogP contribution < -0.4 is 4.90 Å². The van der Waals surface area contributed by atoms with Gasteiger partial charge in [0.2, 0.25) is 18.0 Å². The van der Waals surface area contributed by atoms with Gasteiger partial charge in [-0.3, -0.25) is 9.59 Å². The third-order valence-corrected chi connectivity index (χ3v) is 14.2. The number of hydrogen-bond acceptors (Lipinski definition) is 7. The molecule has 1 N–H and O–H groups in total. The molecule has 8 aromatic rings. The van der Waals surface area contributed by atoms with Gasteiger partial charge in [-0.05, 0) is 93.9 Å². The Morgan fingerprint density at radius 2 is 1.10 bits per heavy atom. The van der Waals surface area contributed by atoms with E-state index in [1.807, 2.05) is 45.9 Å². The molecule has 0 bridgehead atoms. The first-order chi connectivity index (χ1) is 32.8. The Morgan fingerprint density at radius 3 is 1.62 bits per heavy atom. The van der Waals surface area contributed by atoms with Crippen molar-refractivity contribution in [3.63, 3.8) is 0 Å². The lowest BCUT2D eigenvalue weighted by Crippen LogP contribution is -2.34. The van der Waals surface area contributed by atoms with Crippen molar-refractivity contribution in [3.05, 3.63) is 179 Å². The van der Waals surface area contributed by atoms with Crippen LogP contribution in [0.5, 0.6) is 0 Å². The minimum atomic E-state index is -0.710. The van der Waals surface area contributed by atoms with E-state index in [2.05, 4.69) is 134 Å². The van der Waals surface area contributed by atoms with Crippen molar-refractivity contribution in [1.82, 2.24) is 9.13 Å². The quantitative estimate of drug-likeness (QED) is 0.0828. The Balaban J connectivity index is 1.00. The van der Waals surface area contributed by atoms with E-state index in [-0.39, 0.29) is 49.0 Å². The highest BCUT2D eigenvalue weighted by Crippen LogP contribution is 2.51. The number of para-hydroxylation sites is 4. The number of anilines is 1. The summed E-state index contributed by atoms with van der Waals surface area (Å²) in [6.07, 6.45) is 3.45. The number of rotatable bonds is 10. The number of aliphatic hydroxyl groups is 1. The Hall–Kier alpha value is -7.98. The number of fused-ring (bicyclic) bond motifs is 8. The third kappa shape index (κ3) is 6.37. The topological polar surface area (TPSA) is 106 Å². The SMILES string of the molecule is CCOC(=O)CN1/C(=C/C2=C(O)C(=C/C3=[N+](CC(=O)OCC)c4ccc(-n5c6ccccc6c6ccccc65)cc4C3(C)C)/C2=O)C(C)(C)c2cc(-n3c4ccccc4c4ccccc43)ccc21. The molecule has 0 saturated carbocycles. The smallest absolute Gasteiger partial charge is 0.372 e. The zero-order valence-corrected chi connectivity index (χ0v) is 39.0. The molecule has 0 radical (unpaired) electrons. The van der Waals surface area contributed by atoms with E-state index in [0.29, 0.717) is 11.4 Å². The average Bonchev–Trinajstić information content (AvgIpc) is 3.98. The summed E-state index contributed by atoms with van der Waals surface area (Å²) < 4.78 is 17.4. The predicted molar refractivity (Wildman–Crippen MR) is 269 cm³/mol. The van der Waals surface area contributed by atoms with Gasteiger partial charge in [0, 0.05) is 67.4 Å². The molecule has 338 valence electrons. The fourth-order valence-corrected chi connectivity index (χ4v) is 10.9. The van der Waals surface area contributed by atoms with Crippen LogP contribution in [0, 0.1) is 0 Å². The van der Waals surface area contributed by atoms with E-state index < -0.39 is 22.8 Å². The number of carbonyl (C=O) groups is 3. The minimum absolute atomic E-state index is 0.0838. The maximum Gasteiger partial charge on any atom is 0.372 e. The van der Waals surface area contributed by atoms with Crippen LogP contribution in [0.15, 0.2) is 168 Å². The molecule has 10 heteroatoms. The van der Waals surface area contributed by atoms with Gasteiger partial charge in [0.05, 0.1) is 51.8 Å². The van der Waals surface area contributed by atoms with Crippen LogP contribution in [-0.4, -0.2) is 68.6 Å². The highest BCUT2D eigenvalue weighted by molar-refractivity contribution is 6.24. The molecule has 0 atom stereocenters. The molecule has 0 fully saturated rings. The summed E-state index contributed by atoms with van der Waals surface area (Å²) in [5.41, 5.74) is 10.0. The van der Waals surface area contributed by atoms with Gasteiger partial charge in [0.15, 0.2) is 5.71 Å². The molecule has 4 heterocycles. The zero-order chi connectivity index (χ0) is 47.2. The maximum atomic E-state index is 14.5. The van der Waals surface area contributed by atoms with Gasteiger partial charge in [0.25, 0.3) is 0 Å². The van der Waals surface area contributed by atoms with Crippen LogP contribution in [-0.2, 0) is 34.7 Å². The van der Waals surface area contributed by atoms with Crippen LogP contribution in [0.1, 0.15) is 52.7 Å². The molecule has 1 aliphatic carbocycles. The van der Waals surface area contributed by atoms with Crippen molar-refractivity contribution < 1.29 is 33.5 Å². The third-order valence-electron chi connectivity index (χ3n) is 14.2. The van der Waals surface area contributed by atoms with E-state index >= 15 is 0 Å². The van der Waals surface area contributed by atoms with Crippen molar-refractivity contribution in [3.8, 4) is 11.4 Å². The number of nitrogens with zero attached hydrogens (tertiary/aromatic N) is 4. The van der Waals surface area contributed by atoms with Gasteiger partial charge in [-0.15, -0.1) is 0 Å². The number of ether oxygens (including phenoxy) is 2. The van der Waals surface area contributed by atoms with Gasteiger partial charge in [-0.25, -0.2) is 4.79 Å². The van der Waals surface area contributed by atoms with Crippen LogP contribution >= 0.6 is 0 Å². The van der Waals surface area contributed by atoms with Crippen molar-refractivity contribution in [2.45, 2.75) is 52.4 Å². The number of benzene rings is 6. The first-order valence-electron chi connectivity index (χ1n) is 23.3. The van der Waals surface area contributed by atoms with E-state index in [9.17, 15) is 19.5 Å². The number of esters is 2. The first kappa shape index (κ1) is 42.6. The second-order valence-electron chi connectivity index (χ2n) is 18.7. The molecule has 68 heavy (non-hydrogen) atoms. The van der Waals surface area contributed by atoms with Crippen molar-refractivity contribution in [2.75, 3.05) is 31.2 Å². The highest BCUT2D eigenvalue weighted by Gasteiger charge is 2.48. The van der Waals surface area contributed by atoms with Gasteiger partial charge in [-0.1, -0.05) is 86.6 Å². The molecule has 6 aromatic carbocycles. The van der Waals surface area contributed by atoms with Crippen molar-refractivity contribution in [1.29, 1.82) is 0 Å². The van der Waals surface area contributed by atoms with Crippen LogP contribution in [0.25, 0.3) is 55.0 Å². The molecule has 2 aromatic heterocycles. The Bertz CT molecular complexity index is 3520. The molecule has 0 spiro atoms. The molecule has 0 unspecified atom stereocenters. The molecule has 11 rings (SSSR count). The molecular weight excluding hydrogens is 849 g/mol. The predicted octanol–water partition coefficient (Wildman–Crippen LogP) is 11.4. The summed E-state index contributed by atoms with van der Waals surface area (Å²) >= 11 is 0. The number of aromatic nitrogens is 2. The van der Waals surface area contributed by atoms with E-state index in [1.54, 1.807) is 26.0 Å². The Kier molecular flexibility index (Phi) is 9.93. The number of allylic oxidation sites excluding steroid dienone is 5. The van der Waals surface area contributed by atoms with Crippen LogP contribution in [0.2, 0.25) is 0 Å². The highest BCUT2D eigenvalue weighted by atomic mass is 16.5. The molecule has 10 nitrogen and oxygen atoms in total. The number of Topliss-reactive ketones (excluding diaryl/α,β-unsaturated/α-hetero) is 1. The number of carbonyl (C=O) groups excluding carboxylic acids is 3. The summed E-state index contributed by atoms with van der Waals surface area (Å²) in [5, 5.41) is 16.6. The maximum absolute atomic E-state index is 14.5. The van der Waals surface area contributed by atoms with Crippen molar-refractivity contribution in [2.24, 2.45) is 0 Å². The molecular formula is C58H51N4O6+. The van der Waals surface area contributed by atoms with E-state index in [0.717, 1.165) is 77.5 Å². The average molecular weight is 900 g/mol. The monoisotopic (exact) mass is 899 g/mol. The first-order valence-corrected chi connectivity index (χ1v) is 23.3. The van der Waals surface area contributed by atoms with Gasteiger partial charge in [-0.2, -0.15) is 4.58 Å². The summed E-state index contributed by atoms with van der Waals surface area (Å²) in [7, 11) is 0. The number of aliphatic hydroxyl groups excluding tert-OH is 1. The fourth-order valence-electron chi connectivity index (χ4n) is 10.9. The standard InChI is InChI=1S/C58H50N4O6/c1-7-67-53(63)33-59-49-27-25-35(61-45-21-13-9-17-37(45)38-18-10-14-22-46(38)61)29-43(49)57(3,4)51(59)31-41-55(65)42(56(41)66)32-52-58(5,6)44-30-36(26-28-50(44)60(52)34-54(64)68-8-2)62-47-23-15-11-19-39(47)40-20-12-16-24-48(40)62/h9-32H,7-8,33-34H2,1-6H3/p+1.